The van der Waals surface area contributed by atoms with Crippen LogP contribution in [0, 0.1) is 0 Å². The van der Waals surface area contributed by atoms with Gasteiger partial charge >= 0.3 is 0 Å². The zero-order valence-corrected chi connectivity index (χ0v) is 27.9. The molecule has 0 amide bonds. The van der Waals surface area contributed by atoms with Crippen molar-refractivity contribution in [1.82, 2.24) is 0 Å². The summed E-state index contributed by atoms with van der Waals surface area (Å²) in [7, 11) is 0. The lowest BCUT2D eigenvalue weighted by atomic mass is 9.97. The molecule has 1 aromatic heterocycles. The van der Waals surface area contributed by atoms with Gasteiger partial charge in [0, 0.05) is 39.2 Å². The van der Waals surface area contributed by atoms with Crippen molar-refractivity contribution in [3.63, 3.8) is 0 Å². The number of rotatable bonds is 8. The molecule has 1 heterocycles. The van der Waals surface area contributed by atoms with E-state index >= 15 is 0 Å². The first-order valence-corrected chi connectivity index (χ1v) is 17.3. The highest BCUT2D eigenvalue weighted by molar-refractivity contribution is 6.10. The van der Waals surface area contributed by atoms with Gasteiger partial charge in [0.05, 0.1) is 5.69 Å². The third-order valence-corrected chi connectivity index (χ3v) is 9.41. The van der Waals surface area contributed by atoms with Gasteiger partial charge in [-0.2, -0.15) is 0 Å². The Morgan fingerprint density at radius 1 is 0.294 bits per heavy atom. The highest BCUT2D eigenvalue weighted by Gasteiger charge is 2.21. The minimum absolute atomic E-state index is 0.862. The van der Waals surface area contributed by atoms with E-state index in [2.05, 4.69) is 204 Å². The van der Waals surface area contributed by atoms with E-state index < -0.39 is 0 Å². The predicted octanol–water partition coefficient (Wildman–Crippen LogP) is 13.9. The number of anilines is 6. The van der Waals surface area contributed by atoms with Crippen LogP contribution in [-0.4, -0.2) is 0 Å². The molecule has 0 radical (unpaired) electrons. The fourth-order valence-electron chi connectivity index (χ4n) is 7.02. The van der Waals surface area contributed by atoms with E-state index in [1.54, 1.807) is 0 Å². The SMILES string of the molecule is c1ccc(-c2cc(-c3ccc(N(c4ccccc4)c4ccccc4)cc3)cc(N(c3ccccc3)c3cccc4c3oc3ccccc34)c2)cc1. The minimum atomic E-state index is 0.862. The maximum atomic E-state index is 6.60. The number of nitrogens with zero attached hydrogens (tertiary/aromatic N) is 2. The molecule has 0 aliphatic rings. The average molecular weight is 655 g/mol. The molecule has 0 aliphatic heterocycles. The highest BCUT2D eigenvalue weighted by atomic mass is 16.3. The van der Waals surface area contributed by atoms with Crippen LogP contribution in [0.1, 0.15) is 0 Å². The highest BCUT2D eigenvalue weighted by Crippen LogP contribution is 2.44. The number of hydrogen-bond acceptors (Lipinski definition) is 3. The van der Waals surface area contributed by atoms with Gasteiger partial charge in [-0.05, 0) is 101 Å². The van der Waals surface area contributed by atoms with E-state index in [0.717, 1.165) is 78.3 Å². The average Bonchev–Trinajstić information content (AvgIpc) is 3.60. The molecule has 0 saturated carbocycles. The predicted molar refractivity (Wildman–Crippen MR) is 214 cm³/mol. The Hall–Kier alpha value is -6.84. The van der Waals surface area contributed by atoms with E-state index in [4.69, 9.17) is 4.42 Å². The standard InChI is InChI=1S/C48H34N2O/c1-5-16-35(17-6-1)37-32-38(36-28-30-42(31-29-36)49(39-18-7-2-8-19-39)40-20-9-3-10-21-40)34-43(33-37)50(41-22-11-4-12-23-41)46-26-15-25-45-44-24-13-14-27-47(44)51-48(45)46/h1-34H. The van der Waals surface area contributed by atoms with Crippen molar-refractivity contribution in [2.75, 3.05) is 9.80 Å². The molecular formula is C48H34N2O. The Bertz CT molecular complexity index is 2520. The van der Waals surface area contributed by atoms with E-state index in [-0.39, 0.29) is 0 Å². The van der Waals surface area contributed by atoms with Gasteiger partial charge in [0.1, 0.15) is 5.58 Å². The third kappa shape index (κ3) is 5.81. The molecule has 0 fully saturated rings. The monoisotopic (exact) mass is 654 g/mol. The molecule has 9 aromatic rings. The largest absolute Gasteiger partial charge is 0.454 e. The Morgan fingerprint density at radius 3 is 1.37 bits per heavy atom. The lowest BCUT2D eigenvalue weighted by Gasteiger charge is -2.27. The van der Waals surface area contributed by atoms with Gasteiger partial charge in [-0.25, -0.2) is 0 Å². The van der Waals surface area contributed by atoms with Gasteiger partial charge in [0.25, 0.3) is 0 Å². The van der Waals surface area contributed by atoms with Crippen LogP contribution in [0.15, 0.2) is 211 Å². The second-order valence-electron chi connectivity index (χ2n) is 12.6. The number of benzene rings is 8. The molecule has 0 aliphatic carbocycles. The second-order valence-corrected chi connectivity index (χ2v) is 12.6. The first-order valence-electron chi connectivity index (χ1n) is 17.3. The van der Waals surface area contributed by atoms with Crippen molar-refractivity contribution in [2.45, 2.75) is 0 Å². The van der Waals surface area contributed by atoms with Crippen LogP contribution in [0.2, 0.25) is 0 Å². The molecule has 0 atom stereocenters. The molecule has 0 N–H and O–H groups in total. The maximum Gasteiger partial charge on any atom is 0.159 e. The first-order chi connectivity index (χ1) is 25.3. The summed E-state index contributed by atoms with van der Waals surface area (Å²) < 4.78 is 6.60. The van der Waals surface area contributed by atoms with E-state index in [1.807, 2.05) is 12.1 Å². The molecule has 242 valence electrons. The van der Waals surface area contributed by atoms with Crippen LogP contribution in [0.5, 0.6) is 0 Å². The van der Waals surface area contributed by atoms with Crippen LogP contribution >= 0.6 is 0 Å². The van der Waals surface area contributed by atoms with E-state index in [1.165, 1.54) is 0 Å². The van der Waals surface area contributed by atoms with Crippen molar-refractivity contribution < 1.29 is 4.42 Å². The molecule has 8 aromatic carbocycles. The number of para-hydroxylation sites is 5. The topological polar surface area (TPSA) is 19.6 Å². The summed E-state index contributed by atoms with van der Waals surface area (Å²) in [4.78, 5) is 4.61. The Balaban J connectivity index is 1.22. The Labute approximate surface area is 297 Å². The zero-order chi connectivity index (χ0) is 34.0. The van der Waals surface area contributed by atoms with Crippen LogP contribution in [-0.2, 0) is 0 Å². The van der Waals surface area contributed by atoms with Gasteiger partial charge in [0.2, 0.25) is 0 Å². The Kier molecular flexibility index (Phi) is 7.84. The van der Waals surface area contributed by atoms with Crippen LogP contribution < -0.4 is 9.80 Å². The van der Waals surface area contributed by atoms with Crippen LogP contribution in [0.4, 0.5) is 34.1 Å². The number of hydrogen-bond donors (Lipinski definition) is 0. The maximum absolute atomic E-state index is 6.60. The molecule has 3 nitrogen and oxygen atoms in total. The van der Waals surface area contributed by atoms with Gasteiger partial charge in [-0.15, -0.1) is 0 Å². The summed E-state index contributed by atoms with van der Waals surface area (Å²) in [5.74, 6) is 0. The first kappa shape index (κ1) is 30.2. The van der Waals surface area contributed by atoms with Gasteiger partial charge in [-0.3, -0.25) is 0 Å². The minimum Gasteiger partial charge on any atom is -0.454 e. The number of furan rings is 1. The van der Waals surface area contributed by atoms with Crippen molar-refractivity contribution >= 4 is 56.1 Å². The van der Waals surface area contributed by atoms with Crippen LogP contribution in [0.25, 0.3) is 44.2 Å². The van der Waals surface area contributed by atoms with Gasteiger partial charge in [0.15, 0.2) is 5.58 Å². The van der Waals surface area contributed by atoms with Gasteiger partial charge in [-0.1, -0.05) is 127 Å². The normalized spacial score (nSPS) is 11.1. The molecule has 51 heavy (non-hydrogen) atoms. The van der Waals surface area contributed by atoms with Crippen molar-refractivity contribution in [3.05, 3.63) is 206 Å². The molecule has 9 rings (SSSR count). The molecule has 0 saturated heterocycles. The third-order valence-electron chi connectivity index (χ3n) is 9.41. The molecule has 0 unspecified atom stereocenters. The zero-order valence-electron chi connectivity index (χ0n) is 27.9. The van der Waals surface area contributed by atoms with Gasteiger partial charge < -0.3 is 14.2 Å². The molecular weight excluding hydrogens is 621 g/mol. The molecule has 0 spiro atoms. The van der Waals surface area contributed by atoms with E-state index in [0.29, 0.717) is 0 Å². The smallest absolute Gasteiger partial charge is 0.159 e. The summed E-state index contributed by atoms with van der Waals surface area (Å²) >= 11 is 0. The van der Waals surface area contributed by atoms with Crippen molar-refractivity contribution in [1.29, 1.82) is 0 Å². The summed E-state index contributed by atoms with van der Waals surface area (Å²) in [6.45, 7) is 0. The summed E-state index contributed by atoms with van der Waals surface area (Å²) in [5, 5.41) is 2.21. The lowest BCUT2D eigenvalue weighted by molar-refractivity contribution is 0.669. The fraction of sp³-hybridized carbons (Fsp3) is 0. The lowest BCUT2D eigenvalue weighted by Crippen LogP contribution is -2.10. The summed E-state index contributed by atoms with van der Waals surface area (Å²) in [6.07, 6.45) is 0. The van der Waals surface area contributed by atoms with E-state index in [9.17, 15) is 0 Å². The summed E-state index contributed by atoms with van der Waals surface area (Å²) in [5.41, 5.74) is 12.7. The second kappa shape index (κ2) is 13.2. The van der Waals surface area contributed by atoms with Crippen LogP contribution in [0.3, 0.4) is 0 Å². The summed E-state index contributed by atoms with van der Waals surface area (Å²) in [6, 6.07) is 72.7. The molecule has 0 bridgehead atoms. The van der Waals surface area contributed by atoms with Crippen molar-refractivity contribution in [2.24, 2.45) is 0 Å². The quantitative estimate of drug-likeness (QED) is 0.163. The number of fused-ring (bicyclic) bond motifs is 3. The Morgan fingerprint density at radius 2 is 0.765 bits per heavy atom. The van der Waals surface area contributed by atoms with Crippen molar-refractivity contribution in [3.8, 4) is 22.3 Å². The fourth-order valence-corrected chi connectivity index (χ4v) is 7.02. The molecule has 3 heteroatoms.